The smallest absolute Gasteiger partial charge is 0.255 e. The molecule has 1 aliphatic heterocycles. The number of amides is 1. The lowest BCUT2D eigenvalue weighted by molar-refractivity contribution is 0.0573. The van der Waals surface area contributed by atoms with Crippen molar-refractivity contribution in [2.45, 2.75) is 52.6 Å². The van der Waals surface area contributed by atoms with E-state index in [4.69, 9.17) is 5.73 Å². The van der Waals surface area contributed by atoms with Crippen LogP contribution in [0.3, 0.4) is 0 Å². The molecule has 5 nitrogen and oxygen atoms in total. The van der Waals surface area contributed by atoms with E-state index in [0.29, 0.717) is 24.1 Å². The van der Waals surface area contributed by atoms with E-state index >= 15 is 0 Å². The number of carbonyl (C=O) groups is 1. The highest BCUT2D eigenvalue weighted by atomic mass is 16.2. The molecular formula is C18H30N4O. The molecular weight excluding hydrogens is 288 g/mol. The van der Waals surface area contributed by atoms with Gasteiger partial charge in [-0.25, -0.2) is 4.98 Å². The quantitative estimate of drug-likeness (QED) is 0.906. The predicted molar refractivity (Wildman–Crippen MR) is 94.7 cm³/mol. The van der Waals surface area contributed by atoms with Crippen molar-refractivity contribution in [1.82, 2.24) is 9.88 Å². The van der Waals surface area contributed by atoms with Crippen LogP contribution in [0.2, 0.25) is 0 Å². The van der Waals surface area contributed by atoms with Crippen LogP contribution in [0.5, 0.6) is 0 Å². The van der Waals surface area contributed by atoms with E-state index in [1.807, 2.05) is 17.0 Å². The van der Waals surface area contributed by atoms with Gasteiger partial charge in [0.2, 0.25) is 0 Å². The summed E-state index contributed by atoms with van der Waals surface area (Å²) in [4.78, 5) is 21.4. The van der Waals surface area contributed by atoms with E-state index in [1.165, 1.54) is 0 Å². The summed E-state index contributed by atoms with van der Waals surface area (Å²) < 4.78 is 0. The number of anilines is 1. The van der Waals surface area contributed by atoms with Crippen molar-refractivity contribution < 1.29 is 4.79 Å². The zero-order valence-electron chi connectivity index (χ0n) is 14.8. The SMILES string of the molecule is CCN(c1ccc(C(=O)N2CCC(C)CC2CN)cn1)C(C)C. The second kappa shape index (κ2) is 7.77. The third-order valence-corrected chi connectivity index (χ3v) is 4.76. The van der Waals surface area contributed by atoms with Gasteiger partial charge < -0.3 is 15.5 Å². The summed E-state index contributed by atoms with van der Waals surface area (Å²) in [6.45, 7) is 10.8. The molecule has 5 heteroatoms. The Morgan fingerprint density at radius 1 is 1.48 bits per heavy atom. The molecule has 0 saturated carbocycles. The molecule has 0 bridgehead atoms. The molecule has 2 N–H and O–H groups in total. The van der Waals surface area contributed by atoms with Gasteiger partial charge in [-0.15, -0.1) is 0 Å². The van der Waals surface area contributed by atoms with E-state index in [0.717, 1.165) is 31.7 Å². The number of rotatable bonds is 5. The first-order valence-electron chi connectivity index (χ1n) is 8.71. The molecule has 2 unspecified atom stereocenters. The van der Waals surface area contributed by atoms with Gasteiger partial charge in [-0.1, -0.05) is 6.92 Å². The molecule has 2 heterocycles. The maximum atomic E-state index is 12.8. The van der Waals surface area contributed by atoms with Gasteiger partial charge in [0.25, 0.3) is 5.91 Å². The minimum absolute atomic E-state index is 0.0546. The molecule has 1 aromatic rings. The molecule has 1 saturated heterocycles. The number of hydrogen-bond donors (Lipinski definition) is 1. The maximum absolute atomic E-state index is 12.8. The van der Waals surface area contributed by atoms with Crippen molar-refractivity contribution in [3.05, 3.63) is 23.9 Å². The number of piperidine rings is 1. The van der Waals surface area contributed by atoms with Gasteiger partial charge >= 0.3 is 0 Å². The van der Waals surface area contributed by atoms with Crippen LogP contribution in [-0.2, 0) is 0 Å². The van der Waals surface area contributed by atoms with Crippen LogP contribution < -0.4 is 10.6 Å². The first-order valence-corrected chi connectivity index (χ1v) is 8.71. The van der Waals surface area contributed by atoms with Crippen LogP contribution in [0.25, 0.3) is 0 Å². The zero-order valence-corrected chi connectivity index (χ0v) is 14.8. The molecule has 1 fully saturated rings. The van der Waals surface area contributed by atoms with Gasteiger partial charge in [0.05, 0.1) is 5.56 Å². The lowest BCUT2D eigenvalue weighted by Crippen LogP contribution is -2.49. The molecule has 2 rings (SSSR count). The molecule has 1 amide bonds. The Labute approximate surface area is 139 Å². The monoisotopic (exact) mass is 318 g/mol. The minimum Gasteiger partial charge on any atom is -0.354 e. The molecule has 128 valence electrons. The average Bonchev–Trinajstić information content (AvgIpc) is 2.55. The van der Waals surface area contributed by atoms with Crippen molar-refractivity contribution in [1.29, 1.82) is 0 Å². The minimum atomic E-state index is 0.0546. The Kier molecular flexibility index (Phi) is 5.99. The molecule has 0 spiro atoms. The third-order valence-electron chi connectivity index (χ3n) is 4.76. The first kappa shape index (κ1) is 17.7. The Balaban J connectivity index is 2.13. The molecule has 0 aromatic carbocycles. The number of pyridine rings is 1. The topological polar surface area (TPSA) is 62.5 Å². The van der Waals surface area contributed by atoms with Gasteiger partial charge in [0.1, 0.15) is 5.82 Å². The molecule has 23 heavy (non-hydrogen) atoms. The van der Waals surface area contributed by atoms with Crippen molar-refractivity contribution in [3.63, 3.8) is 0 Å². The normalized spacial score (nSPS) is 21.6. The summed E-state index contributed by atoms with van der Waals surface area (Å²) in [6.07, 6.45) is 3.74. The van der Waals surface area contributed by atoms with Gasteiger partial charge in [0.15, 0.2) is 0 Å². The molecule has 0 radical (unpaired) electrons. The summed E-state index contributed by atoms with van der Waals surface area (Å²) in [5, 5.41) is 0. The van der Waals surface area contributed by atoms with Crippen LogP contribution in [0, 0.1) is 5.92 Å². The standard InChI is InChI=1S/C18H30N4O/c1-5-21(13(2)3)17-7-6-15(12-20-17)18(23)22-9-8-14(4)10-16(22)11-19/h6-7,12-14,16H,5,8-11,19H2,1-4H3. The van der Waals surface area contributed by atoms with Crippen LogP contribution in [0.15, 0.2) is 18.3 Å². The number of likely N-dealkylation sites (tertiary alicyclic amines) is 1. The number of hydrogen-bond acceptors (Lipinski definition) is 4. The molecule has 1 aliphatic rings. The van der Waals surface area contributed by atoms with Crippen molar-refractivity contribution in [3.8, 4) is 0 Å². The number of nitrogens with zero attached hydrogens (tertiary/aromatic N) is 3. The second-order valence-electron chi connectivity index (χ2n) is 6.80. The number of carbonyl (C=O) groups excluding carboxylic acids is 1. The van der Waals surface area contributed by atoms with E-state index in [1.54, 1.807) is 6.20 Å². The molecule has 0 aliphatic carbocycles. The highest BCUT2D eigenvalue weighted by molar-refractivity contribution is 5.94. The predicted octanol–water partition coefficient (Wildman–Crippen LogP) is 2.52. The van der Waals surface area contributed by atoms with Gasteiger partial charge in [0, 0.05) is 37.9 Å². The number of aromatic nitrogens is 1. The van der Waals surface area contributed by atoms with E-state index in [-0.39, 0.29) is 11.9 Å². The van der Waals surface area contributed by atoms with E-state index < -0.39 is 0 Å². The zero-order chi connectivity index (χ0) is 17.0. The van der Waals surface area contributed by atoms with Gasteiger partial charge in [-0.3, -0.25) is 4.79 Å². The van der Waals surface area contributed by atoms with E-state index in [2.05, 4.69) is 37.6 Å². The van der Waals surface area contributed by atoms with Crippen molar-refractivity contribution in [2.24, 2.45) is 11.7 Å². The Morgan fingerprint density at radius 3 is 2.74 bits per heavy atom. The van der Waals surface area contributed by atoms with Crippen LogP contribution in [0.1, 0.15) is 50.9 Å². The summed E-state index contributed by atoms with van der Waals surface area (Å²) >= 11 is 0. The van der Waals surface area contributed by atoms with Crippen LogP contribution in [-0.4, -0.2) is 47.5 Å². The largest absolute Gasteiger partial charge is 0.354 e. The highest BCUT2D eigenvalue weighted by Crippen LogP contribution is 2.24. The van der Waals surface area contributed by atoms with Crippen LogP contribution in [0.4, 0.5) is 5.82 Å². The Hall–Kier alpha value is -1.62. The highest BCUT2D eigenvalue weighted by Gasteiger charge is 2.29. The fourth-order valence-corrected chi connectivity index (χ4v) is 3.38. The molecule has 1 aromatic heterocycles. The fraction of sp³-hybridized carbons (Fsp3) is 0.667. The van der Waals surface area contributed by atoms with Gasteiger partial charge in [-0.2, -0.15) is 0 Å². The summed E-state index contributed by atoms with van der Waals surface area (Å²) in [7, 11) is 0. The lowest BCUT2D eigenvalue weighted by atomic mass is 9.92. The Morgan fingerprint density at radius 2 is 2.22 bits per heavy atom. The third kappa shape index (κ3) is 4.02. The molecule has 2 atom stereocenters. The number of nitrogens with two attached hydrogens (primary N) is 1. The van der Waals surface area contributed by atoms with Crippen LogP contribution >= 0.6 is 0 Å². The second-order valence-corrected chi connectivity index (χ2v) is 6.80. The summed E-state index contributed by atoms with van der Waals surface area (Å²) in [6, 6.07) is 4.37. The first-order chi connectivity index (χ1) is 11.0. The van der Waals surface area contributed by atoms with Gasteiger partial charge in [-0.05, 0) is 51.7 Å². The van der Waals surface area contributed by atoms with Crippen molar-refractivity contribution >= 4 is 11.7 Å². The fourth-order valence-electron chi connectivity index (χ4n) is 3.38. The lowest BCUT2D eigenvalue weighted by Gasteiger charge is -2.38. The summed E-state index contributed by atoms with van der Waals surface area (Å²) in [5.74, 6) is 1.61. The Bertz CT molecular complexity index is 514. The average molecular weight is 318 g/mol. The van der Waals surface area contributed by atoms with E-state index in [9.17, 15) is 4.79 Å². The summed E-state index contributed by atoms with van der Waals surface area (Å²) in [5.41, 5.74) is 6.52. The van der Waals surface area contributed by atoms with Crippen molar-refractivity contribution in [2.75, 3.05) is 24.5 Å². The maximum Gasteiger partial charge on any atom is 0.255 e.